The van der Waals surface area contributed by atoms with Crippen molar-refractivity contribution >= 4 is 0 Å². The van der Waals surface area contributed by atoms with E-state index in [1.807, 2.05) is 24.3 Å². The number of hydrogen-bond acceptors (Lipinski definition) is 2. The monoisotopic (exact) mass is 209 g/mol. The van der Waals surface area contributed by atoms with Crippen LogP contribution in [0.25, 0.3) is 0 Å². The van der Waals surface area contributed by atoms with Crippen LogP contribution in [0.1, 0.15) is 12.0 Å². The summed E-state index contributed by atoms with van der Waals surface area (Å²) in [6, 6.07) is 7.75. The minimum absolute atomic E-state index is 0.284. The second-order valence-corrected chi connectivity index (χ2v) is 3.32. The first-order chi connectivity index (χ1) is 7.30. The fourth-order valence-corrected chi connectivity index (χ4v) is 1.30. The summed E-state index contributed by atoms with van der Waals surface area (Å²) >= 11 is 0. The fourth-order valence-electron chi connectivity index (χ4n) is 1.30. The van der Waals surface area contributed by atoms with E-state index in [0.717, 1.165) is 17.7 Å². The standard InChI is InChI=1S/C12H16FNO/c1-15-12-6-4-10(5-7-12)2-3-11(8-13)9-14/h4-8H,2-3,9,14H2,1H3/b11-8+. The maximum absolute atomic E-state index is 12.2. The highest BCUT2D eigenvalue weighted by molar-refractivity contribution is 5.27. The molecule has 0 spiro atoms. The molecule has 2 nitrogen and oxygen atoms in total. The zero-order valence-electron chi connectivity index (χ0n) is 8.87. The van der Waals surface area contributed by atoms with Crippen molar-refractivity contribution in [1.82, 2.24) is 0 Å². The summed E-state index contributed by atoms with van der Waals surface area (Å²) in [5.41, 5.74) is 7.17. The van der Waals surface area contributed by atoms with Gasteiger partial charge in [0.1, 0.15) is 5.75 Å². The molecule has 82 valence electrons. The number of halogens is 1. The highest BCUT2D eigenvalue weighted by Gasteiger charge is 1.98. The van der Waals surface area contributed by atoms with Crippen molar-refractivity contribution in [3.05, 3.63) is 41.7 Å². The van der Waals surface area contributed by atoms with E-state index >= 15 is 0 Å². The highest BCUT2D eigenvalue weighted by atomic mass is 19.1. The molecule has 1 aromatic rings. The first-order valence-electron chi connectivity index (χ1n) is 4.91. The van der Waals surface area contributed by atoms with Crippen molar-refractivity contribution in [2.75, 3.05) is 13.7 Å². The quantitative estimate of drug-likeness (QED) is 0.808. The largest absolute Gasteiger partial charge is 0.497 e. The lowest BCUT2D eigenvalue weighted by atomic mass is 10.1. The summed E-state index contributed by atoms with van der Waals surface area (Å²) in [7, 11) is 1.63. The minimum atomic E-state index is 0.284. The molecule has 0 aliphatic carbocycles. The van der Waals surface area contributed by atoms with E-state index in [-0.39, 0.29) is 6.54 Å². The van der Waals surface area contributed by atoms with Crippen LogP contribution in [-0.2, 0) is 6.42 Å². The van der Waals surface area contributed by atoms with E-state index in [0.29, 0.717) is 18.3 Å². The van der Waals surface area contributed by atoms with Crippen molar-refractivity contribution in [3.8, 4) is 5.75 Å². The Kier molecular flexibility index (Phi) is 4.84. The summed E-state index contributed by atoms with van der Waals surface area (Å²) in [5, 5.41) is 0. The van der Waals surface area contributed by atoms with E-state index in [4.69, 9.17) is 10.5 Å². The first-order valence-corrected chi connectivity index (χ1v) is 4.91. The van der Waals surface area contributed by atoms with Gasteiger partial charge < -0.3 is 10.5 Å². The van der Waals surface area contributed by atoms with Gasteiger partial charge in [-0.3, -0.25) is 0 Å². The predicted molar refractivity (Wildman–Crippen MR) is 59.6 cm³/mol. The van der Waals surface area contributed by atoms with Gasteiger partial charge in [0.2, 0.25) is 0 Å². The molecule has 0 aromatic heterocycles. The van der Waals surface area contributed by atoms with Crippen molar-refractivity contribution in [2.45, 2.75) is 12.8 Å². The van der Waals surface area contributed by atoms with Crippen LogP contribution in [0.4, 0.5) is 4.39 Å². The Morgan fingerprint density at radius 1 is 1.40 bits per heavy atom. The number of nitrogens with two attached hydrogens (primary N) is 1. The zero-order chi connectivity index (χ0) is 11.1. The van der Waals surface area contributed by atoms with E-state index in [1.54, 1.807) is 7.11 Å². The van der Waals surface area contributed by atoms with Gasteiger partial charge in [-0.2, -0.15) is 0 Å². The van der Waals surface area contributed by atoms with Crippen LogP contribution in [0.3, 0.4) is 0 Å². The van der Waals surface area contributed by atoms with Gasteiger partial charge in [-0.25, -0.2) is 4.39 Å². The van der Waals surface area contributed by atoms with Crippen molar-refractivity contribution in [2.24, 2.45) is 5.73 Å². The molecular weight excluding hydrogens is 193 g/mol. The Morgan fingerprint density at radius 2 is 2.07 bits per heavy atom. The number of aryl methyl sites for hydroxylation is 1. The number of ether oxygens (including phenoxy) is 1. The molecule has 15 heavy (non-hydrogen) atoms. The summed E-state index contributed by atoms with van der Waals surface area (Å²) in [5.74, 6) is 0.832. The Morgan fingerprint density at radius 3 is 2.53 bits per heavy atom. The van der Waals surface area contributed by atoms with Gasteiger partial charge in [0.15, 0.2) is 0 Å². The van der Waals surface area contributed by atoms with Crippen molar-refractivity contribution in [3.63, 3.8) is 0 Å². The summed E-state index contributed by atoms with van der Waals surface area (Å²) in [4.78, 5) is 0. The Bertz CT molecular complexity index is 319. The molecule has 0 fully saturated rings. The second kappa shape index (κ2) is 6.19. The molecule has 3 heteroatoms. The lowest BCUT2D eigenvalue weighted by Crippen LogP contribution is -2.03. The first kappa shape index (κ1) is 11.7. The second-order valence-electron chi connectivity index (χ2n) is 3.32. The topological polar surface area (TPSA) is 35.2 Å². The SMILES string of the molecule is COc1ccc(CC/C(=C\F)CN)cc1. The molecule has 0 unspecified atom stereocenters. The third-order valence-electron chi connectivity index (χ3n) is 2.31. The van der Waals surface area contributed by atoms with Gasteiger partial charge in [0.25, 0.3) is 0 Å². The van der Waals surface area contributed by atoms with E-state index in [2.05, 4.69) is 0 Å². The molecule has 0 amide bonds. The molecule has 2 N–H and O–H groups in total. The maximum atomic E-state index is 12.2. The lowest BCUT2D eigenvalue weighted by molar-refractivity contribution is 0.414. The third kappa shape index (κ3) is 3.72. The number of methoxy groups -OCH3 is 1. The van der Waals surface area contributed by atoms with Crippen LogP contribution in [0.15, 0.2) is 36.2 Å². The number of benzene rings is 1. The zero-order valence-corrected chi connectivity index (χ0v) is 8.87. The van der Waals surface area contributed by atoms with Crippen LogP contribution >= 0.6 is 0 Å². The van der Waals surface area contributed by atoms with Crippen LogP contribution in [-0.4, -0.2) is 13.7 Å². The van der Waals surface area contributed by atoms with E-state index in [1.165, 1.54) is 0 Å². The van der Waals surface area contributed by atoms with E-state index < -0.39 is 0 Å². The fraction of sp³-hybridized carbons (Fsp3) is 0.333. The van der Waals surface area contributed by atoms with Crippen molar-refractivity contribution in [1.29, 1.82) is 0 Å². The molecule has 0 saturated carbocycles. The molecule has 0 heterocycles. The minimum Gasteiger partial charge on any atom is -0.497 e. The van der Waals surface area contributed by atoms with Gasteiger partial charge >= 0.3 is 0 Å². The number of hydrogen-bond donors (Lipinski definition) is 1. The average Bonchev–Trinajstić information content (AvgIpc) is 2.31. The smallest absolute Gasteiger partial charge is 0.118 e. The van der Waals surface area contributed by atoms with Crippen LogP contribution in [0, 0.1) is 0 Å². The molecular formula is C12H16FNO. The summed E-state index contributed by atoms with van der Waals surface area (Å²) < 4.78 is 17.3. The van der Waals surface area contributed by atoms with Gasteiger partial charge in [0.05, 0.1) is 13.4 Å². The molecule has 0 saturated heterocycles. The number of rotatable bonds is 5. The summed E-state index contributed by atoms with van der Waals surface area (Å²) in [6.45, 7) is 0.284. The van der Waals surface area contributed by atoms with Crippen molar-refractivity contribution < 1.29 is 9.13 Å². The predicted octanol–water partition coefficient (Wildman–Crippen LogP) is 2.44. The average molecular weight is 209 g/mol. The normalized spacial score (nSPS) is 11.5. The van der Waals surface area contributed by atoms with Crippen LogP contribution in [0.2, 0.25) is 0 Å². The van der Waals surface area contributed by atoms with E-state index in [9.17, 15) is 4.39 Å². The highest BCUT2D eigenvalue weighted by Crippen LogP contribution is 2.14. The van der Waals surface area contributed by atoms with Gasteiger partial charge in [-0.05, 0) is 36.1 Å². The van der Waals surface area contributed by atoms with Crippen LogP contribution in [0.5, 0.6) is 5.75 Å². The van der Waals surface area contributed by atoms with Gasteiger partial charge in [-0.1, -0.05) is 12.1 Å². The molecule has 0 atom stereocenters. The molecule has 0 bridgehead atoms. The Hall–Kier alpha value is -1.35. The maximum Gasteiger partial charge on any atom is 0.118 e. The van der Waals surface area contributed by atoms with Crippen LogP contribution < -0.4 is 10.5 Å². The summed E-state index contributed by atoms with van der Waals surface area (Å²) in [6.07, 6.45) is 2.07. The molecule has 1 rings (SSSR count). The Balaban J connectivity index is 2.51. The lowest BCUT2D eigenvalue weighted by Gasteiger charge is -2.04. The van der Waals surface area contributed by atoms with Gasteiger partial charge in [-0.15, -0.1) is 0 Å². The Labute approximate surface area is 89.6 Å². The molecule has 1 aromatic carbocycles. The third-order valence-corrected chi connectivity index (χ3v) is 2.31. The molecule has 0 radical (unpaired) electrons. The molecule has 0 aliphatic rings. The molecule has 0 aliphatic heterocycles. The van der Waals surface area contributed by atoms with Gasteiger partial charge in [0, 0.05) is 6.54 Å².